The van der Waals surface area contributed by atoms with E-state index in [4.69, 9.17) is 11.6 Å². The summed E-state index contributed by atoms with van der Waals surface area (Å²) in [5.74, 6) is -0.371. The number of carbonyl (C=O) groups excluding carboxylic acids is 1. The van der Waals surface area contributed by atoms with Gasteiger partial charge in [-0.1, -0.05) is 28.4 Å². The monoisotopic (exact) mass is 310 g/mol. The molecular formula is C12H20BrClO2. The molecule has 16 heavy (non-hydrogen) atoms. The van der Waals surface area contributed by atoms with E-state index in [1.807, 2.05) is 6.08 Å². The number of halogens is 2. The molecular weight excluding hydrogens is 291 g/mol. The second-order valence-electron chi connectivity index (χ2n) is 4.06. The largest absolute Gasteiger partial charge is 0.468 e. The van der Waals surface area contributed by atoms with E-state index in [1.54, 1.807) is 6.92 Å². The van der Waals surface area contributed by atoms with Crippen LogP contribution in [0.2, 0.25) is 0 Å². The van der Waals surface area contributed by atoms with Crippen LogP contribution in [0, 0.1) is 0 Å². The Morgan fingerprint density at radius 3 is 2.75 bits per heavy atom. The van der Waals surface area contributed by atoms with Gasteiger partial charge in [0.2, 0.25) is 0 Å². The van der Waals surface area contributed by atoms with E-state index < -0.39 is 4.87 Å². The molecule has 0 N–H and O–H groups in total. The summed E-state index contributed by atoms with van der Waals surface area (Å²) in [6.45, 7) is 5.37. The van der Waals surface area contributed by atoms with Gasteiger partial charge in [0, 0.05) is 4.83 Å². The Balaban J connectivity index is 3.89. The fourth-order valence-corrected chi connectivity index (χ4v) is 2.89. The molecule has 0 rings (SSSR count). The summed E-state index contributed by atoms with van der Waals surface area (Å²) in [6.07, 6.45) is 6.78. The van der Waals surface area contributed by atoms with Gasteiger partial charge in [-0.2, -0.15) is 0 Å². The molecule has 0 aliphatic carbocycles. The molecule has 4 heteroatoms. The highest BCUT2D eigenvalue weighted by atomic mass is 79.9. The second-order valence-corrected chi connectivity index (χ2v) is 6.19. The summed E-state index contributed by atoms with van der Waals surface area (Å²) in [5, 5.41) is 0. The Morgan fingerprint density at radius 2 is 2.25 bits per heavy atom. The molecule has 0 aliphatic rings. The third-order valence-electron chi connectivity index (χ3n) is 2.39. The number of hydrogen-bond acceptors (Lipinski definition) is 2. The molecule has 0 aliphatic heterocycles. The number of methoxy groups -OCH3 is 1. The number of ether oxygens (including phenoxy) is 1. The second kappa shape index (κ2) is 8.13. The first-order valence-electron chi connectivity index (χ1n) is 5.46. The van der Waals surface area contributed by atoms with Gasteiger partial charge in [-0.15, -0.1) is 18.2 Å². The van der Waals surface area contributed by atoms with Crippen LogP contribution < -0.4 is 0 Å². The van der Waals surface area contributed by atoms with E-state index in [9.17, 15) is 4.79 Å². The number of hydrogen-bond donors (Lipinski definition) is 0. The van der Waals surface area contributed by atoms with Crippen LogP contribution in [0.4, 0.5) is 0 Å². The molecule has 0 heterocycles. The SMILES string of the molecule is C=CCCCCC(Br)CC(C)(Cl)C(=O)OC. The third-order valence-corrected chi connectivity index (χ3v) is 3.48. The number of rotatable bonds is 8. The van der Waals surface area contributed by atoms with E-state index in [0.29, 0.717) is 6.42 Å². The summed E-state index contributed by atoms with van der Waals surface area (Å²) in [5.41, 5.74) is 0. The standard InChI is InChI=1S/C12H20BrClO2/c1-4-5-6-7-8-10(13)9-12(2,14)11(15)16-3/h4,10H,1,5-9H2,2-3H3. The first kappa shape index (κ1) is 16.0. The van der Waals surface area contributed by atoms with Crippen molar-refractivity contribution in [2.24, 2.45) is 0 Å². The van der Waals surface area contributed by atoms with Gasteiger partial charge in [0.25, 0.3) is 0 Å². The first-order chi connectivity index (χ1) is 7.44. The van der Waals surface area contributed by atoms with Crippen molar-refractivity contribution in [2.45, 2.75) is 48.7 Å². The van der Waals surface area contributed by atoms with Crippen molar-refractivity contribution in [3.05, 3.63) is 12.7 Å². The van der Waals surface area contributed by atoms with Crippen LogP contribution >= 0.6 is 27.5 Å². The molecule has 0 fully saturated rings. The molecule has 0 amide bonds. The maximum Gasteiger partial charge on any atom is 0.326 e. The van der Waals surface area contributed by atoms with Gasteiger partial charge >= 0.3 is 5.97 Å². The van der Waals surface area contributed by atoms with E-state index in [0.717, 1.165) is 25.7 Å². The molecule has 0 saturated carbocycles. The minimum atomic E-state index is -0.929. The van der Waals surface area contributed by atoms with Crippen LogP contribution in [0.5, 0.6) is 0 Å². The first-order valence-corrected chi connectivity index (χ1v) is 6.75. The maximum absolute atomic E-state index is 11.4. The number of carbonyl (C=O) groups is 1. The highest BCUT2D eigenvalue weighted by Crippen LogP contribution is 2.28. The lowest BCUT2D eigenvalue weighted by molar-refractivity contribution is -0.143. The maximum atomic E-state index is 11.4. The lowest BCUT2D eigenvalue weighted by atomic mass is 10.0. The molecule has 94 valence electrons. The third kappa shape index (κ3) is 6.54. The van der Waals surface area contributed by atoms with Crippen molar-refractivity contribution in [1.82, 2.24) is 0 Å². The predicted molar refractivity (Wildman–Crippen MR) is 72.3 cm³/mol. The topological polar surface area (TPSA) is 26.3 Å². The van der Waals surface area contributed by atoms with Crippen LogP contribution in [-0.2, 0) is 9.53 Å². The van der Waals surface area contributed by atoms with Crippen molar-refractivity contribution >= 4 is 33.5 Å². The van der Waals surface area contributed by atoms with Crippen molar-refractivity contribution in [3.8, 4) is 0 Å². The Kier molecular flexibility index (Phi) is 8.12. The molecule has 0 radical (unpaired) electrons. The van der Waals surface area contributed by atoms with Gasteiger partial charge in [-0.05, 0) is 32.6 Å². The minimum absolute atomic E-state index is 0.249. The lowest BCUT2D eigenvalue weighted by Gasteiger charge is -2.21. The Labute approximate surface area is 112 Å². The van der Waals surface area contributed by atoms with E-state index in [2.05, 4.69) is 27.2 Å². The summed E-state index contributed by atoms with van der Waals surface area (Å²) >= 11 is 9.65. The normalized spacial score (nSPS) is 16.2. The van der Waals surface area contributed by atoms with Crippen LogP contribution in [-0.4, -0.2) is 22.8 Å². The summed E-state index contributed by atoms with van der Waals surface area (Å²) in [4.78, 5) is 10.7. The lowest BCUT2D eigenvalue weighted by Crippen LogP contribution is -2.32. The van der Waals surface area contributed by atoms with Crippen LogP contribution in [0.25, 0.3) is 0 Å². The summed E-state index contributed by atoms with van der Waals surface area (Å²) in [6, 6.07) is 0. The molecule has 2 nitrogen and oxygen atoms in total. The smallest absolute Gasteiger partial charge is 0.326 e. The molecule has 0 saturated heterocycles. The van der Waals surface area contributed by atoms with Gasteiger partial charge in [-0.25, -0.2) is 0 Å². The zero-order valence-electron chi connectivity index (χ0n) is 9.97. The van der Waals surface area contributed by atoms with Crippen molar-refractivity contribution in [3.63, 3.8) is 0 Å². The molecule has 0 aromatic carbocycles. The summed E-state index contributed by atoms with van der Waals surface area (Å²) in [7, 11) is 1.36. The quantitative estimate of drug-likeness (QED) is 0.292. The van der Waals surface area contributed by atoms with Gasteiger partial charge in [0.1, 0.15) is 4.87 Å². The molecule has 0 spiro atoms. The fourth-order valence-electron chi connectivity index (χ4n) is 1.47. The van der Waals surface area contributed by atoms with Crippen molar-refractivity contribution in [1.29, 1.82) is 0 Å². The van der Waals surface area contributed by atoms with E-state index in [-0.39, 0.29) is 10.8 Å². The van der Waals surface area contributed by atoms with Gasteiger partial charge < -0.3 is 4.74 Å². The average Bonchev–Trinajstić information content (AvgIpc) is 2.22. The zero-order valence-corrected chi connectivity index (χ0v) is 12.3. The van der Waals surface area contributed by atoms with E-state index in [1.165, 1.54) is 7.11 Å². The molecule has 2 atom stereocenters. The van der Waals surface area contributed by atoms with Gasteiger partial charge in [0.05, 0.1) is 7.11 Å². The van der Waals surface area contributed by atoms with Gasteiger partial charge in [0.15, 0.2) is 0 Å². The van der Waals surface area contributed by atoms with Crippen LogP contribution in [0.1, 0.15) is 39.0 Å². The number of allylic oxidation sites excluding steroid dienone is 1. The van der Waals surface area contributed by atoms with E-state index >= 15 is 0 Å². The minimum Gasteiger partial charge on any atom is -0.468 e. The van der Waals surface area contributed by atoms with Gasteiger partial charge in [-0.3, -0.25) is 4.79 Å². The average molecular weight is 312 g/mol. The summed E-state index contributed by atoms with van der Waals surface area (Å²) < 4.78 is 4.65. The van der Waals surface area contributed by atoms with Crippen LogP contribution in [0.15, 0.2) is 12.7 Å². The molecule has 0 aromatic heterocycles. The Hall–Kier alpha value is -0.0200. The Bertz CT molecular complexity index is 229. The molecule has 0 aromatic rings. The molecule has 2 unspecified atom stereocenters. The molecule has 0 bridgehead atoms. The zero-order chi connectivity index (χ0) is 12.6. The highest BCUT2D eigenvalue weighted by molar-refractivity contribution is 9.09. The highest BCUT2D eigenvalue weighted by Gasteiger charge is 2.33. The Morgan fingerprint density at radius 1 is 1.62 bits per heavy atom. The predicted octanol–water partition coefficient (Wildman–Crippen LogP) is 4.06. The number of unbranched alkanes of at least 4 members (excludes halogenated alkanes) is 2. The van der Waals surface area contributed by atoms with Crippen LogP contribution in [0.3, 0.4) is 0 Å². The number of esters is 1. The number of alkyl halides is 2. The van der Waals surface area contributed by atoms with Crippen molar-refractivity contribution in [2.75, 3.05) is 7.11 Å². The fraction of sp³-hybridized carbons (Fsp3) is 0.750. The van der Waals surface area contributed by atoms with Crippen molar-refractivity contribution < 1.29 is 9.53 Å².